The minimum absolute atomic E-state index is 0.892. The monoisotopic (exact) mass is 834 g/mol. The second-order valence-corrected chi connectivity index (χ2v) is 17.5. The average molecular weight is 835 g/mol. The van der Waals surface area contributed by atoms with Crippen molar-refractivity contribution in [2.45, 2.75) is 0 Å². The van der Waals surface area contributed by atoms with Gasteiger partial charge in [0.1, 0.15) is 11.2 Å². The maximum atomic E-state index is 6.52. The van der Waals surface area contributed by atoms with E-state index in [4.69, 9.17) is 4.42 Å². The van der Waals surface area contributed by atoms with Gasteiger partial charge in [-0.3, -0.25) is 0 Å². The molecule has 0 atom stereocenters. The molecule has 3 heterocycles. The number of aromatic nitrogens is 1. The van der Waals surface area contributed by atoms with E-state index in [1.54, 1.807) is 0 Å². The Labute approximate surface area is 373 Å². The lowest BCUT2D eigenvalue weighted by atomic mass is 9.98. The van der Waals surface area contributed by atoms with E-state index in [1.165, 1.54) is 53.1 Å². The van der Waals surface area contributed by atoms with Gasteiger partial charge in [0.25, 0.3) is 0 Å². The zero-order valence-electron chi connectivity index (χ0n) is 34.7. The standard InChI is InChI=1S/C60H38N2OS/c1-3-13-40(14-4-1)48-20-11-21-50-52-37-42(29-35-56(52)63-60(48)50)39-25-30-44(31-26-39)61(46-34-36-58-53(38-46)49-17-8-10-24-57(49)64-58)45-32-27-41(28-33-45)47-19-12-23-55-59(47)51-18-7-9-22-54(51)62(55)43-15-5-2-6-16-43/h1-38H. The summed E-state index contributed by atoms with van der Waals surface area (Å²) in [5.41, 5.74) is 15.6. The van der Waals surface area contributed by atoms with Crippen molar-refractivity contribution in [3.63, 3.8) is 0 Å². The summed E-state index contributed by atoms with van der Waals surface area (Å²) in [6.45, 7) is 0. The molecule has 0 amide bonds. The van der Waals surface area contributed by atoms with E-state index < -0.39 is 0 Å². The van der Waals surface area contributed by atoms with Crippen molar-refractivity contribution in [1.29, 1.82) is 0 Å². The normalized spacial score (nSPS) is 11.8. The highest BCUT2D eigenvalue weighted by atomic mass is 32.1. The molecule has 300 valence electrons. The van der Waals surface area contributed by atoms with Gasteiger partial charge in [-0.05, 0) is 113 Å². The van der Waals surface area contributed by atoms with E-state index in [1.807, 2.05) is 17.4 Å². The number of hydrogen-bond acceptors (Lipinski definition) is 3. The molecule has 0 fully saturated rings. The van der Waals surface area contributed by atoms with Gasteiger partial charge in [0.15, 0.2) is 0 Å². The third kappa shape index (κ3) is 5.88. The van der Waals surface area contributed by atoms with Crippen molar-refractivity contribution in [3.8, 4) is 39.1 Å². The number of nitrogens with zero attached hydrogens (tertiary/aromatic N) is 2. The second kappa shape index (κ2) is 14.7. The molecule has 0 unspecified atom stereocenters. The van der Waals surface area contributed by atoms with E-state index in [0.29, 0.717) is 0 Å². The van der Waals surface area contributed by atoms with Crippen LogP contribution in [0.4, 0.5) is 17.1 Å². The Morgan fingerprint density at radius 2 is 0.953 bits per heavy atom. The van der Waals surface area contributed by atoms with Crippen LogP contribution in [0, 0.1) is 0 Å². The fourth-order valence-electron chi connectivity index (χ4n) is 9.83. The molecule has 3 aromatic heterocycles. The van der Waals surface area contributed by atoms with Gasteiger partial charge in [-0.25, -0.2) is 0 Å². The highest BCUT2D eigenvalue weighted by Crippen LogP contribution is 2.44. The van der Waals surface area contributed by atoms with Crippen LogP contribution in [0.3, 0.4) is 0 Å². The van der Waals surface area contributed by atoms with Crippen molar-refractivity contribution in [2.24, 2.45) is 0 Å². The Hall–Kier alpha value is -8.18. The average Bonchev–Trinajstić information content (AvgIpc) is 4.04. The van der Waals surface area contributed by atoms with Crippen LogP contribution in [-0.2, 0) is 0 Å². The largest absolute Gasteiger partial charge is 0.455 e. The van der Waals surface area contributed by atoms with Crippen molar-refractivity contribution in [3.05, 3.63) is 231 Å². The third-order valence-corrected chi connectivity index (χ3v) is 14.0. The smallest absolute Gasteiger partial charge is 0.143 e. The summed E-state index contributed by atoms with van der Waals surface area (Å²) in [5, 5.41) is 7.31. The Kier molecular flexibility index (Phi) is 8.40. The molecule has 13 aromatic rings. The minimum atomic E-state index is 0.892. The topological polar surface area (TPSA) is 21.3 Å². The zero-order valence-corrected chi connectivity index (χ0v) is 35.5. The van der Waals surface area contributed by atoms with Crippen LogP contribution >= 0.6 is 11.3 Å². The van der Waals surface area contributed by atoms with E-state index in [9.17, 15) is 0 Å². The molecule has 0 N–H and O–H groups in total. The fraction of sp³-hybridized carbons (Fsp3) is 0. The van der Waals surface area contributed by atoms with Crippen molar-refractivity contribution >= 4 is 92.3 Å². The lowest BCUT2D eigenvalue weighted by Gasteiger charge is -2.26. The summed E-state index contributed by atoms with van der Waals surface area (Å²) in [4.78, 5) is 2.39. The first-order chi connectivity index (χ1) is 31.7. The van der Waals surface area contributed by atoms with Crippen LogP contribution in [0.1, 0.15) is 0 Å². The number of benzene rings is 10. The highest BCUT2D eigenvalue weighted by Gasteiger charge is 2.19. The lowest BCUT2D eigenvalue weighted by molar-refractivity contribution is 0.670. The zero-order chi connectivity index (χ0) is 42.1. The van der Waals surface area contributed by atoms with Crippen LogP contribution in [0.25, 0.3) is 103 Å². The number of anilines is 3. The van der Waals surface area contributed by atoms with Gasteiger partial charge in [-0.15, -0.1) is 11.3 Å². The van der Waals surface area contributed by atoms with Gasteiger partial charge in [-0.2, -0.15) is 0 Å². The Morgan fingerprint density at radius 3 is 1.77 bits per heavy atom. The molecule has 0 saturated heterocycles. The number of rotatable bonds is 7. The van der Waals surface area contributed by atoms with Crippen LogP contribution in [0.5, 0.6) is 0 Å². The van der Waals surface area contributed by atoms with E-state index in [0.717, 1.165) is 66.9 Å². The Bertz CT molecular complexity index is 3880. The molecular formula is C60H38N2OS. The highest BCUT2D eigenvalue weighted by molar-refractivity contribution is 7.25. The predicted octanol–water partition coefficient (Wildman–Crippen LogP) is 17.5. The molecule has 4 heteroatoms. The molecule has 0 radical (unpaired) electrons. The first kappa shape index (κ1) is 36.5. The molecule has 64 heavy (non-hydrogen) atoms. The van der Waals surface area contributed by atoms with E-state index in [2.05, 4.69) is 234 Å². The van der Waals surface area contributed by atoms with Crippen LogP contribution in [-0.4, -0.2) is 4.57 Å². The SMILES string of the molecule is c1ccc(-c2cccc3c2oc2ccc(-c4ccc(N(c5ccc(-c6cccc7c6c6ccccc6n7-c6ccccc6)cc5)c5ccc6sc7ccccc7c6c5)cc4)cc23)cc1. The Morgan fingerprint density at radius 1 is 0.359 bits per heavy atom. The lowest BCUT2D eigenvalue weighted by Crippen LogP contribution is -2.09. The predicted molar refractivity (Wildman–Crippen MR) is 272 cm³/mol. The van der Waals surface area contributed by atoms with Gasteiger partial charge in [0.05, 0.1) is 11.0 Å². The summed E-state index contributed by atoms with van der Waals surface area (Å²) in [6.07, 6.45) is 0. The molecule has 0 bridgehead atoms. The minimum Gasteiger partial charge on any atom is -0.455 e. The van der Waals surface area contributed by atoms with Gasteiger partial charge in [-0.1, -0.05) is 146 Å². The van der Waals surface area contributed by atoms with Gasteiger partial charge < -0.3 is 13.9 Å². The van der Waals surface area contributed by atoms with Crippen LogP contribution in [0.2, 0.25) is 0 Å². The molecule has 0 aliphatic rings. The van der Waals surface area contributed by atoms with Crippen molar-refractivity contribution < 1.29 is 4.42 Å². The molecular weight excluding hydrogens is 797 g/mol. The first-order valence-electron chi connectivity index (χ1n) is 21.7. The summed E-state index contributed by atoms with van der Waals surface area (Å²) >= 11 is 1.85. The van der Waals surface area contributed by atoms with Gasteiger partial charge in [0.2, 0.25) is 0 Å². The van der Waals surface area contributed by atoms with Gasteiger partial charge in [0, 0.05) is 70.0 Å². The number of furan rings is 1. The summed E-state index contributed by atoms with van der Waals surface area (Å²) in [6, 6.07) is 83.3. The second-order valence-electron chi connectivity index (χ2n) is 16.5. The quantitative estimate of drug-likeness (QED) is 0.159. The van der Waals surface area contributed by atoms with E-state index in [-0.39, 0.29) is 0 Å². The van der Waals surface area contributed by atoms with Crippen molar-refractivity contribution in [1.82, 2.24) is 4.57 Å². The number of hydrogen-bond donors (Lipinski definition) is 0. The molecule has 0 spiro atoms. The molecule has 10 aromatic carbocycles. The molecule has 0 saturated carbocycles. The summed E-state index contributed by atoms with van der Waals surface area (Å²) in [7, 11) is 0. The summed E-state index contributed by atoms with van der Waals surface area (Å²) < 4.78 is 11.5. The van der Waals surface area contributed by atoms with Crippen molar-refractivity contribution in [2.75, 3.05) is 4.90 Å². The molecule has 13 rings (SSSR count). The van der Waals surface area contributed by atoms with E-state index >= 15 is 0 Å². The maximum Gasteiger partial charge on any atom is 0.143 e. The first-order valence-corrected chi connectivity index (χ1v) is 22.6. The Balaban J connectivity index is 0.915. The maximum absolute atomic E-state index is 6.52. The fourth-order valence-corrected chi connectivity index (χ4v) is 10.9. The molecule has 3 nitrogen and oxygen atoms in total. The molecule has 0 aliphatic heterocycles. The third-order valence-electron chi connectivity index (χ3n) is 12.8. The van der Waals surface area contributed by atoms with Crippen LogP contribution in [0.15, 0.2) is 235 Å². The summed E-state index contributed by atoms with van der Waals surface area (Å²) in [5.74, 6) is 0. The van der Waals surface area contributed by atoms with Crippen LogP contribution < -0.4 is 4.90 Å². The number of para-hydroxylation sites is 3. The molecule has 0 aliphatic carbocycles. The van der Waals surface area contributed by atoms with Gasteiger partial charge >= 0.3 is 0 Å². The number of fused-ring (bicyclic) bond motifs is 9. The number of thiophene rings is 1.